The quantitative estimate of drug-likeness (QED) is 0.763. The smallest absolute Gasteiger partial charge is 0.247 e. The highest BCUT2D eigenvalue weighted by atomic mass is 32.2. The molecule has 2 rings (SSSR count). The first-order chi connectivity index (χ1) is 9.25. The van der Waals surface area contributed by atoms with Gasteiger partial charge in [-0.25, -0.2) is 8.42 Å². The summed E-state index contributed by atoms with van der Waals surface area (Å²) in [4.78, 5) is 11.3. The van der Waals surface area contributed by atoms with Crippen molar-refractivity contribution in [1.29, 1.82) is 0 Å². The molecule has 0 spiro atoms. The largest absolute Gasteiger partial charge is 0.367 e. The number of carbonyl (C=O) groups excluding carboxylic acids is 1. The molecular formula is C11H18N4O4S. The summed E-state index contributed by atoms with van der Waals surface area (Å²) in [6.45, 7) is 3.61. The molecule has 1 saturated heterocycles. The van der Waals surface area contributed by atoms with E-state index in [1.807, 2.05) is 0 Å². The van der Waals surface area contributed by atoms with Gasteiger partial charge in [0.05, 0.1) is 18.0 Å². The Morgan fingerprint density at radius 3 is 2.60 bits per heavy atom. The summed E-state index contributed by atoms with van der Waals surface area (Å²) in [6, 6.07) is 0. The van der Waals surface area contributed by atoms with Gasteiger partial charge in [-0.3, -0.25) is 9.48 Å². The van der Waals surface area contributed by atoms with E-state index in [0.717, 1.165) is 0 Å². The second kappa shape index (κ2) is 5.15. The number of hydrogen-bond acceptors (Lipinski definition) is 5. The highest BCUT2D eigenvalue weighted by Gasteiger charge is 2.36. The van der Waals surface area contributed by atoms with Crippen molar-refractivity contribution in [3.05, 3.63) is 11.4 Å². The molecule has 1 aliphatic rings. The van der Waals surface area contributed by atoms with E-state index in [1.54, 1.807) is 20.9 Å². The van der Waals surface area contributed by atoms with E-state index < -0.39 is 22.0 Å². The second-order valence-corrected chi connectivity index (χ2v) is 6.62. The van der Waals surface area contributed by atoms with E-state index in [1.165, 1.54) is 8.99 Å². The van der Waals surface area contributed by atoms with Gasteiger partial charge < -0.3 is 10.5 Å². The van der Waals surface area contributed by atoms with Gasteiger partial charge >= 0.3 is 0 Å². The zero-order chi connectivity index (χ0) is 15.1. The lowest BCUT2D eigenvalue weighted by Crippen LogP contribution is -2.50. The number of carbonyl (C=O) groups is 1. The van der Waals surface area contributed by atoms with E-state index in [4.69, 9.17) is 10.5 Å². The summed E-state index contributed by atoms with van der Waals surface area (Å²) < 4.78 is 33.3. The Morgan fingerprint density at radius 1 is 1.45 bits per heavy atom. The first-order valence-corrected chi connectivity index (χ1v) is 7.60. The maximum absolute atomic E-state index is 12.7. The number of aryl methyl sites for hydroxylation is 2. The van der Waals surface area contributed by atoms with Crippen molar-refractivity contribution in [2.75, 3.05) is 19.7 Å². The Balaban J connectivity index is 2.37. The number of amides is 1. The number of sulfonamides is 1. The lowest BCUT2D eigenvalue weighted by molar-refractivity contribution is -0.132. The minimum Gasteiger partial charge on any atom is -0.367 e. The van der Waals surface area contributed by atoms with Crippen molar-refractivity contribution in [2.24, 2.45) is 12.8 Å². The maximum Gasteiger partial charge on any atom is 0.247 e. The molecule has 112 valence electrons. The maximum atomic E-state index is 12.7. The normalized spacial score (nSPS) is 21.1. The topological polar surface area (TPSA) is 108 Å². The van der Waals surface area contributed by atoms with Gasteiger partial charge in [0.25, 0.3) is 0 Å². The van der Waals surface area contributed by atoms with Crippen LogP contribution in [0.4, 0.5) is 0 Å². The van der Waals surface area contributed by atoms with Crippen molar-refractivity contribution in [2.45, 2.75) is 24.8 Å². The fraction of sp³-hybridized carbons (Fsp3) is 0.636. The number of ether oxygens (including phenoxy) is 1. The predicted octanol–water partition coefficient (Wildman–Crippen LogP) is -1.09. The molecule has 1 unspecified atom stereocenters. The molecule has 1 aliphatic heterocycles. The van der Waals surface area contributed by atoms with E-state index in [2.05, 4.69) is 5.10 Å². The van der Waals surface area contributed by atoms with Gasteiger partial charge in [0.1, 0.15) is 11.0 Å². The standard InChI is InChI=1S/C11H18N4O4S/c1-7-10(8(2)14(3)13-7)20(17,18)15-4-5-19-9(6-15)11(12)16/h9H,4-6H2,1-3H3,(H2,12,16). The Labute approximate surface area is 117 Å². The van der Waals surface area contributed by atoms with Crippen LogP contribution < -0.4 is 5.73 Å². The first-order valence-electron chi connectivity index (χ1n) is 6.16. The third kappa shape index (κ3) is 2.43. The van der Waals surface area contributed by atoms with E-state index >= 15 is 0 Å². The van der Waals surface area contributed by atoms with Crippen molar-refractivity contribution in [3.63, 3.8) is 0 Å². The fourth-order valence-corrected chi connectivity index (χ4v) is 4.10. The van der Waals surface area contributed by atoms with E-state index in [9.17, 15) is 13.2 Å². The van der Waals surface area contributed by atoms with E-state index in [-0.39, 0.29) is 24.6 Å². The number of nitrogens with zero attached hydrogens (tertiary/aromatic N) is 3. The van der Waals surface area contributed by atoms with Crippen molar-refractivity contribution in [3.8, 4) is 0 Å². The monoisotopic (exact) mass is 302 g/mol. The number of aromatic nitrogens is 2. The molecule has 0 saturated carbocycles. The molecular weight excluding hydrogens is 284 g/mol. The van der Waals surface area contributed by atoms with Crippen LogP contribution in [0, 0.1) is 13.8 Å². The Morgan fingerprint density at radius 2 is 2.10 bits per heavy atom. The molecule has 1 fully saturated rings. The predicted molar refractivity (Wildman–Crippen MR) is 70.4 cm³/mol. The summed E-state index contributed by atoms with van der Waals surface area (Å²) in [5.74, 6) is -0.662. The molecule has 9 heteroatoms. The molecule has 0 aromatic carbocycles. The summed E-state index contributed by atoms with van der Waals surface area (Å²) in [7, 11) is -2.02. The van der Waals surface area contributed by atoms with Crippen LogP contribution in [0.5, 0.6) is 0 Å². The summed E-state index contributed by atoms with van der Waals surface area (Å²) in [6.07, 6.45) is -0.907. The number of hydrogen-bond donors (Lipinski definition) is 1. The zero-order valence-electron chi connectivity index (χ0n) is 11.7. The summed E-state index contributed by atoms with van der Waals surface area (Å²) in [5, 5.41) is 4.11. The average molecular weight is 302 g/mol. The van der Waals surface area contributed by atoms with Gasteiger partial charge in [-0.15, -0.1) is 0 Å². The highest BCUT2D eigenvalue weighted by molar-refractivity contribution is 7.89. The van der Waals surface area contributed by atoms with Crippen LogP contribution in [0.3, 0.4) is 0 Å². The van der Waals surface area contributed by atoms with Gasteiger partial charge in [-0.05, 0) is 13.8 Å². The zero-order valence-corrected chi connectivity index (χ0v) is 12.5. The number of morpholine rings is 1. The molecule has 0 aliphatic carbocycles. The van der Waals surface area contributed by atoms with E-state index in [0.29, 0.717) is 11.4 Å². The summed E-state index contributed by atoms with van der Waals surface area (Å²) in [5.41, 5.74) is 6.17. The molecule has 0 radical (unpaired) electrons. The number of primary amides is 1. The second-order valence-electron chi connectivity index (χ2n) is 4.75. The molecule has 2 N–H and O–H groups in total. The highest BCUT2D eigenvalue weighted by Crippen LogP contribution is 2.24. The third-order valence-electron chi connectivity index (χ3n) is 3.39. The minimum absolute atomic E-state index is 0.0640. The average Bonchev–Trinajstić information content (AvgIpc) is 2.63. The lowest BCUT2D eigenvalue weighted by Gasteiger charge is -2.30. The van der Waals surface area contributed by atoms with Crippen molar-refractivity contribution >= 4 is 15.9 Å². The van der Waals surface area contributed by atoms with Gasteiger partial charge in [0.15, 0.2) is 0 Å². The molecule has 1 aromatic rings. The molecule has 0 bridgehead atoms. The van der Waals surface area contributed by atoms with Gasteiger partial charge in [-0.2, -0.15) is 9.40 Å². The molecule has 1 atom stereocenters. The first kappa shape index (κ1) is 14.9. The fourth-order valence-electron chi connectivity index (χ4n) is 2.27. The minimum atomic E-state index is -3.71. The van der Waals surface area contributed by atoms with Crippen molar-refractivity contribution < 1.29 is 17.9 Å². The van der Waals surface area contributed by atoms with Crippen LogP contribution in [0.25, 0.3) is 0 Å². The van der Waals surface area contributed by atoms with Crippen molar-refractivity contribution in [1.82, 2.24) is 14.1 Å². The van der Waals surface area contributed by atoms with Crippen LogP contribution in [0.15, 0.2) is 4.90 Å². The van der Waals surface area contributed by atoms with Gasteiger partial charge in [-0.1, -0.05) is 0 Å². The van der Waals surface area contributed by atoms with Crippen LogP contribution >= 0.6 is 0 Å². The molecule has 8 nitrogen and oxygen atoms in total. The Hall–Kier alpha value is -1.45. The summed E-state index contributed by atoms with van der Waals surface area (Å²) >= 11 is 0. The Bertz CT molecular complexity index is 637. The van der Waals surface area contributed by atoms with Gasteiger partial charge in [0, 0.05) is 20.1 Å². The molecule has 2 heterocycles. The molecule has 20 heavy (non-hydrogen) atoms. The third-order valence-corrected chi connectivity index (χ3v) is 5.51. The van der Waals surface area contributed by atoms with Crippen LogP contribution in [-0.2, 0) is 26.6 Å². The van der Waals surface area contributed by atoms with Crippen LogP contribution in [0.1, 0.15) is 11.4 Å². The number of nitrogens with two attached hydrogens (primary N) is 1. The lowest BCUT2D eigenvalue weighted by atomic mass is 10.3. The molecule has 1 aromatic heterocycles. The number of rotatable bonds is 3. The van der Waals surface area contributed by atoms with Gasteiger partial charge in [0.2, 0.25) is 15.9 Å². The van der Waals surface area contributed by atoms with Crippen LogP contribution in [-0.4, -0.2) is 54.2 Å². The Kier molecular flexibility index (Phi) is 3.85. The molecule has 1 amide bonds. The van der Waals surface area contributed by atoms with Crippen LogP contribution in [0.2, 0.25) is 0 Å². The SMILES string of the molecule is Cc1nn(C)c(C)c1S(=O)(=O)N1CCOC(C(N)=O)C1.